The van der Waals surface area contributed by atoms with Crippen LogP contribution < -0.4 is 20.2 Å². The summed E-state index contributed by atoms with van der Waals surface area (Å²) < 4.78 is 10.5. The number of hydrogen-bond donors (Lipinski definition) is 2. The molecule has 0 spiro atoms. The van der Waals surface area contributed by atoms with E-state index in [0.717, 1.165) is 5.56 Å². The third-order valence-electron chi connectivity index (χ3n) is 4.04. The van der Waals surface area contributed by atoms with Gasteiger partial charge in [0.15, 0.2) is 11.5 Å². The van der Waals surface area contributed by atoms with E-state index in [4.69, 9.17) is 21.1 Å². The predicted octanol–water partition coefficient (Wildman–Crippen LogP) is 3.21. The Labute approximate surface area is 175 Å². The minimum absolute atomic E-state index is 0.0851. The van der Waals surface area contributed by atoms with E-state index in [1.807, 2.05) is 18.2 Å². The second kappa shape index (κ2) is 11.1. The Morgan fingerprint density at radius 1 is 1.07 bits per heavy atom. The van der Waals surface area contributed by atoms with Crippen LogP contribution in [-0.2, 0) is 11.2 Å². The number of nitrogens with one attached hydrogen (secondary N) is 2. The lowest BCUT2D eigenvalue weighted by molar-refractivity contribution is -0.119. The van der Waals surface area contributed by atoms with Crippen LogP contribution in [0.1, 0.15) is 29.3 Å². The van der Waals surface area contributed by atoms with Crippen LogP contribution in [0.4, 0.5) is 0 Å². The van der Waals surface area contributed by atoms with E-state index < -0.39 is 0 Å². The Morgan fingerprint density at radius 2 is 1.83 bits per heavy atom. The third kappa shape index (κ3) is 7.12. The van der Waals surface area contributed by atoms with Gasteiger partial charge in [-0.15, -0.1) is 0 Å². The van der Waals surface area contributed by atoms with Gasteiger partial charge in [-0.2, -0.15) is 5.10 Å². The molecule has 0 saturated carbocycles. The summed E-state index contributed by atoms with van der Waals surface area (Å²) in [6.07, 6.45) is 0.732. The van der Waals surface area contributed by atoms with Crippen LogP contribution in [0.3, 0.4) is 0 Å². The SMILES string of the molecule is COc1ccc(CCNC(=O)C/C(C)=N\NC(=O)c2cccc(Cl)c2)cc1OC. The van der Waals surface area contributed by atoms with Crippen molar-refractivity contribution in [2.75, 3.05) is 20.8 Å². The molecular formula is C21H24ClN3O4. The standard InChI is InChI=1S/C21H24ClN3O4/c1-14(24-25-21(27)16-5-4-6-17(22)13-16)11-20(26)23-10-9-15-7-8-18(28-2)19(12-15)29-3/h4-8,12-13H,9-11H2,1-3H3,(H,23,26)(H,25,27)/b24-14-. The van der Waals surface area contributed by atoms with Crippen molar-refractivity contribution in [3.8, 4) is 11.5 Å². The zero-order chi connectivity index (χ0) is 21.2. The molecule has 0 heterocycles. The number of methoxy groups -OCH3 is 2. The number of ether oxygens (including phenoxy) is 2. The van der Waals surface area contributed by atoms with E-state index in [0.29, 0.717) is 40.8 Å². The molecule has 29 heavy (non-hydrogen) atoms. The monoisotopic (exact) mass is 417 g/mol. The van der Waals surface area contributed by atoms with Gasteiger partial charge < -0.3 is 14.8 Å². The molecule has 0 saturated heterocycles. The highest BCUT2D eigenvalue weighted by molar-refractivity contribution is 6.30. The van der Waals surface area contributed by atoms with Crippen LogP contribution in [0.2, 0.25) is 5.02 Å². The molecule has 0 fully saturated rings. The largest absolute Gasteiger partial charge is 0.493 e. The lowest BCUT2D eigenvalue weighted by Gasteiger charge is -2.10. The summed E-state index contributed by atoms with van der Waals surface area (Å²) in [4.78, 5) is 24.1. The summed E-state index contributed by atoms with van der Waals surface area (Å²) in [6, 6.07) is 12.2. The van der Waals surface area contributed by atoms with E-state index in [-0.39, 0.29) is 18.2 Å². The Kier molecular flexibility index (Phi) is 8.48. The molecule has 2 N–H and O–H groups in total. The van der Waals surface area contributed by atoms with Crippen molar-refractivity contribution in [2.45, 2.75) is 19.8 Å². The maximum Gasteiger partial charge on any atom is 0.271 e. The summed E-state index contributed by atoms with van der Waals surface area (Å²) in [5.41, 5.74) is 4.32. The van der Waals surface area contributed by atoms with Crippen molar-refractivity contribution in [2.24, 2.45) is 5.10 Å². The second-order valence-corrected chi connectivity index (χ2v) is 6.70. The van der Waals surface area contributed by atoms with Crippen LogP contribution in [-0.4, -0.2) is 38.3 Å². The van der Waals surface area contributed by atoms with Gasteiger partial charge in [0, 0.05) is 22.8 Å². The van der Waals surface area contributed by atoms with E-state index in [2.05, 4.69) is 15.8 Å². The Morgan fingerprint density at radius 3 is 2.52 bits per heavy atom. The van der Waals surface area contributed by atoms with Crippen LogP contribution in [0.15, 0.2) is 47.6 Å². The smallest absolute Gasteiger partial charge is 0.271 e. The predicted molar refractivity (Wildman–Crippen MR) is 113 cm³/mol. The zero-order valence-corrected chi connectivity index (χ0v) is 17.4. The van der Waals surface area contributed by atoms with Crippen molar-refractivity contribution < 1.29 is 19.1 Å². The van der Waals surface area contributed by atoms with Crippen molar-refractivity contribution in [1.29, 1.82) is 0 Å². The Balaban J connectivity index is 1.78. The van der Waals surface area contributed by atoms with Gasteiger partial charge in [0.05, 0.1) is 20.6 Å². The van der Waals surface area contributed by atoms with Gasteiger partial charge in [0.2, 0.25) is 5.91 Å². The van der Waals surface area contributed by atoms with Gasteiger partial charge >= 0.3 is 0 Å². The third-order valence-corrected chi connectivity index (χ3v) is 4.27. The zero-order valence-electron chi connectivity index (χ0n) is 16.6. The Bertz CT molecular complexity index is 899. The summed E-state index contributed by atoms with van der Waals surface area (Å²) >= 11 is 5.86. The van der Waals surface area contributed by atoms with Gasteiger partial charge in [-0.05, 0) is 49.2 Å². The molecule has 154 valence electrons. The fourth-order valence-corrected chi connectivity index (χ4v) is 2.75. The second-order valence-electron chi connectivity index (χ2n) is 6.26. The molecule has 2 aromatic carbocycles. The average Bonchev–Trinajstić information content (AvgIpc) is 2.71. The highest BCUT2D eigenvalue weighted by atomic mass is 35.5. The maximum atomic E-state index is 12.1. The molecule has 0 unspecified atom stereocenters. The number of benzene rings is 2. The molecule has 7 nitrogen and oxygen atoms in total. The summed E-state index contributed by atoms with van der Waals surface area (Å²) in [5, 5.41) is 7.26. The molecule has 8 heteroatoms. The highest BCUT2D eigenvalue weighted by Crippen LogP contribution is 2.27. The number of carbonyl (C=O) groups excluding carboxylic acids is 2. The minimum atomic E-state index is -0.388. The van der Waals surface area contributed by atoms with Gasteiger partial charge in [0.25, 0.3) is 5.91 Å². The molecule has 0 bridgehead atoms. The number of hydrogen-bond acceptors (Lipinski definition) is 5. The van der Waals surface area contributed by atoms with Crippen molar-refractivity contribution in [3.63, 3.8) is 0 Å². The lowest BCUT2D eigenvalue weighted by atomic mass is 10.1. The van der Waals surface area contributed by atoms with Gasteiger partial charge in [-0.25, -0.2) is 5.43 Å². The van der Waals surface area contributed by atoms with Crippen molar-refractivity contribution in [3.05, 3.63) is 58.6 Å². The van der Waals surface area contributed by atoms with Crippen molar-refractivity contribution in [1.82, 2.24) is 10.7 Å². The van der Waals surface area contributed by atoms with E-state index in [9.17, 15) is 9.59 Å². The molecule has 0 aliphatic rings. The van der Waals surface area contributed by atoms with Crippen LogP contribution in [0.5, 0.6) is 11.5 Å². The van der Waals surface area contributed by atoms with Gasteiger partial charge in [0.1, 0.15) is 0 Å². The lowest BCUT2D eigenvalue weighted by Crippen LogP contribution is -2.28. The van der Waals surface area contributed by atoms with Gasteiger partial charge in [-0.3, -0.25) is 9.59 Å². The highest BCUT2D eigenvalue weighted by Gasteiger charge is 2.08. The topological polar surface area (TPSA) is 89.0 Å². The summed E-state index contributed by atoms with van der Waals surface area (Å²) in [7, 11) is 3.16. The first-order valence-electron chi connectivity index (χ1n) is 8.99. The summed E-state index contributed by atoms with van der Waals surface area (Å²) in [6.45, 7) is 2.14. The minimum Gasteiger partial charge on any atom is -0.493 e. The Hall–Kier alpha value is -3.06. The van der Waals surface area contributed by atoms with Crippen LogP contribution in [0.25, 0.3) is 0 Å². The molecule has 2 amide bonds. The molecule has 2 rings (SSSR count). The molecular weight excluding hydrogens is 394 g/mol. The normalized spacial score (nSPS) is 11.0. The molecule has 0 aliphatic heterocycles. The van der Waals surface area contributed by atoms with E-state index >= 15 is 0 Å². The first-order chi connectivity index (χ1) is 13.9. The quantitative estimate of drug-likeness (QED) is 0.484. The fraction of sp³-hybridized carbons (Fsp3) is 0.286. The number of nitrogens with zero attached hydrogens (tertiary/aromatic N) is 1. The molecule has 0 radical (unpaired) electrons. The van der Waals surface area contributed by atoms with E-state index in [1.54, 1.807) is 45.4 Å². The van der Waals surface area contributed by atoms with Crippen LogP contribution >= 0.6 is 11.6 Å². The molecule has 0 aromatic heterocycles. The number of carbonyl (C=O) groups is 2. The van der Waals surface area contributed by atoms with Crippen molar-refractivity contribution >= 4 is 29.1 Å². The van der Waals surface area contributed by atoms with Crippen LogP contribution in [0, 0.1) is 0 Å². The first kappa shape index (κ1) is 22.2. The maximum absolute atomic E-state index is 12.1. The fourth-order valence-electron chi connectivity index (χ4n) is 2.56. The molecule has 0 aliphatic carbocycles. The number of rotatable bonds is 9. The first-order valence-corrected chi connectivity index (χ1v) is 9.37. The molecule has 2 aromatic rings. The van der Waals surface area contributed by atoms with E-state index in [1.165, 1.54) is 0 Å². The number of hydrazone groups is 1. The van der Waals surface area contributed by atoms with Gasteiger partial charge in [-0.1, -0.05) is 23.7 Å². The average molecular weight is 418 g/mol. The summed E-state index contributed by atoms with van der Waals surface area (Å²) in [5.74, 6) is 0.742. The molecule has 0 atom stereocenters. The number of halogens is 1. The number of amides is 2.